The van der Waals surface area contributed by atoms with Crippen LogP contribution in [-0.4, -0.2) is 21.0 Å². The zero-order valence-electron chi connectivity index (χ0n) is 10.5. The van der Waals surface area contributed by atoms with Crippen LogP contribution in [0.1, 0.15) is 34.4 Å². The topological polar surface area (TPSA) is 72.3 Å². The van der Waals surface area contributed by atoms with Crippen LogP contribution < -0.4 is 4.74 Å². The second-order valence-electron chi connectivity index (χ2n) is 3.95. The number of hydrogen-bond acceptors (Lipinski definition) is 5. The number of aromatic carboxylic acids is 1. The van der Waals surface area contributed by atoms with Crippen LogP contribution in [0.3, 0.4) is 0 Å². The molecule has 0 unspecified atom stereocenters. The van der Waals surface area contributed by atoms with Crippen molar-refractivity contribution in [2.24, 2.45) is 0 Å². The van der Waals surface area contributed by atoms with Gasteiger partial charge in [0.15, 0.2) is 5.75 Å². The molecule has 5 nitrogen and oxygen atoms in total. The van der Waals surface area contributed by atoms with Crippen LogP contribution >= 0.6 is 11.3 Å². The summed E-state index contributed by atoms with van der Waals surface area (Å²) in [6.07, 6.45) is 4.85. The zero-order chi connectivity index (χ0) is 13.7. The average Bonchev–Trinajstić information content (AvgIpc) is 2.85. The summed E-state index contributed by atoms with van der Waals surface area (Å²) in [6, 6.07) is 1.42. The van der Waals surface area contributed by atoms with Crippen LogP contribution in [0.25, 0.3) is 0 Å². The van der Waals surface area contributed by atoms with Gasteiger partial charge in [-0.1, -0.05) is 6.92 Å². The van der Waals surface area contributed by atoms with Gasteiger partial charge in [0.05, 0.1) is 16.9 Å². The number of rotatable bonds is 6. The van der Waals surface area contributed by atoms with Crippen LogP contribution in [0.2, 0.25) is 0 Å². The average molecular weight is 278 g/mol. The first-order valence-electron chi connectivity index (χ1n) is 5.94. The van der Waals surface area contributed by atoms with Crippen LogP contribution in [0.5, 0.6) is 5.75 Å². The molecule has 100 valence electrons. The minimum atomic E-state index is -1.03. The van der Waals surface area contributed by atoms with Gasteiger partial charge in [-0.3, -0.25) is 4.98 Å². The SMILES string of the molecule is CCCc1nc(COc2cnccc2C(=O)O)cs1. The molecule has 6 heteroatoms. The number of carboxylic acid groups (broad SMARTS) is 1. The fourth-order valence-electron chi connectivity index (χ4n) is 1.57. The number of aryl methyl sites for hydroxylation is 1. The third-order valence-corrected chi connectivity index (χ3v) is 3.41. The highest BCUT2D eigenvalue weighted by atomic mass is 32.1. The van der Waals surface area contributed by atoms with Crippen molar-refractivity contribution in [1.82, 2.24) is 9.97 Å². The minimum Gasteiger partial charge on any atom is -0.485 e. The van der Waals surface area contributed by atoms with E-state index in [9.17, 15) is 4.79 Å². The zero-order valence-corrected chi connectivity index (χ0v) is 11.3. The molecule has 2 aromatic rings. The summed E-state index contributed by atoms with van der Waals surface area (Å²) in [5.74, 6) is -0.762. The van der Waals surface area contributed by atoms with Crippen LogP contribution in [0.4, 0.5) is 0 Å². The number of carboxylic acids is 1. The first-order chi connectivity index (χ1) is 9.20. The van der Waals surface area contributed by atoms with Gasteiger partial charge in [0, 0.05) is 11.6 Å². The summed E-state index contributed by atoms with van der Waals surface area (Å²) in [5.41, 5.74) is 0.924. The van der Waals surface area contributed by atoms with Crippen molar-refractivity contribution in [3.05, 3.63) is 40.1 Å². The van der Waals surface area contributed by atoms with Crippen LogP contribution in [0, 0.1) is 0 Å². The molecule has 0 radical (unpaired) electrons. The molecule has 2 heterocycles. The molecule has 0 fully saturated rings. The number of pyridine rings is 1. The summed E-state index contributed by atoms with van der Waals surface area (Å²) in [6.45, 7) is 2.36. The number of carbonyl (C=O) groups is 1. The lowest BCUT2D eigenvalue weighted by Gasteiger charge is -2.06. The Bertz CT molecular complexity index is 569. The first kappa shape index (κ1) is 13.5. The lowest BCUT2D eigenvalue weighted by molar-refractivity contribution is 0.0691. The van der Waals surface area contributed by atoms with Crippen molar-refractivity contribution in [3.63, 3.8) is 0 Å². The van der Waals surface area contributed by atoms with E-state index in [0.717, 1.165) is 23.5 Å². The number of thiazole rings is 1. The number of ether oxygens (including phenoxy) is 1. The summed E-state index contributed by atoms with van der Waals surface area (Å²) >= 11 is 1.60. The molecule has 0 aromatic carbocycles. The van der Waals surface area contributed by atoms with E-state index in [-0.39, 0.29) is 17.9 Å². The second-order valence-corrected chi connectivity index (χ2v) is 4.89. The van der Waals surface area contributed by atoms with E-state index in [4.69, 9.17) is 9.84 Å². The van der Waals surface area contributed by atoms with Gasteiger partial charge in [-0.15, -0.1) is 11.3 Å². The molecule has 0 saturated heterocycles. The predicted molar refractivity (Wildman–Crippen MR) is 71.6 cm³/mol. The highest BCUT2D eigenvalue weighted by molar-refractivity contribution is 7.09. The quantitative estimate of drug-likeness (QED) is 0.879. The first-order valence-corrected chi connectivity index (χ1v) is 6.82. The van der Waals surface area contributed by atoms with Crippen LogP contribution in [0.15, 0.2) is 23.8 Å². The molecule has 0 spiro atoms. The van der Waals surface area contributed by atoms with Crippen molar-refractivity contribution in [1.29, 1.82) is 0 Å². The van der Waals surface area contributed by atoms with Gasteiger partial charge in [-0.2, -0.15) is 0 Å². The van der Waals surface area contributed by atoms with Crippen molar-refractivity contribution in [2.75, 3.05) is 0 Å². The standard InChI is InChI=1S/C13H14N2O3S/c1-2-3-12-15-9(8-19-12)7-18-11-6-14-5-4-10(11)13(16)17/h4-6,8H,2-3,7H2,1H3,(H,16,17). The lowest BCUT2D eigenvalue weighted by atomic mass is 10.2. The van der Waals surface area contributed by atoms with Gasteiger partial charge in [-0.25, -0.2) is 9.78 Å². The Balaban J connectivity index is 2.03. The highest BCUT2D eigenvalue weighted by Crippen LogP contribution is 2.19. The summed E-state index contributed by atoms with van der Waals surface area (Å²) in [5, 5.41) is 12.0. The maximum absolute atomic E-state index is 11.0. The van der Waals surface area contributed by atoms with E-state index < -0.39 is 5.97 Å². The molecule has 2 rings (SSSR count). The number of aromatic nitrogens is 2. The molecule has 0 aliphatic heterocycles. The number of nitrogens with zero attached hydrogens (tertiary/aromatic N) is 2. The largest absolute Gasteiger partial charge is 0.485 e. The molecular formula is C13H14N2O3S. The molecule has 0 amide bonds. The maximum Gasteiger partial charge on any atom is 0.339 e. The van der Waals surface area contributed by atoms with Crippen molar-refractivity contribution < 1.29 is 14.6 Å². The summed E-state index contributed by atoms with van der Waals surface area (Å²) in [4.78, 5) is 19.3. The second kappa shape index (κ2) is 6.29. The Labute approximate surface area is 114 Å². The van der Waals surface area contributed by atoms with Crippen molar-refractivity contribution in [3.8, 4) is 5.75 Å². The van der Waals surface area contributed by atoms with Gasteiger partial charge in [-0.05, 0) is 18.9 Å². The molecule has 0 atom stereocenters. The van der Waals surface area contributed by atoms with Gasteiger partial charge in [0.25, 0.3) is 0 Å². The molecule has 0 saturated carbocycles. The Kier molecular flexibility index (Phi) is 4.46. The molecule has 0 bridgehead atoms. The van der Waals surface area contributed by atoms with Crippen molar-refractivity contribution in [2.45, 2.75) is 26.4 Å². The smallest absolute Gasteiger partial charge is 0.339 e. The van der Waals surface area contributed by atoms with E-state index in [1.54, 1.807) is 11.3 Å². The Morgan fingerprint density at radius 2 is 2.37 bits per heavy atom. The van der Waals surface area contributed by atoms with Gasteiger partial charge in [0.2, 0.25) is 0 Å². The minimum absolute atomic E-state index is 0.110. The van der Waals surface area contributed by atoms with Crippen molar-refractivity contribution >= 4 is 17.3 Å². The fourth-order valence-corrected chi connectivity index (χ4v) is 2.45. The monoisotopic (exact) mass is 278 g/mol. The molecule has 0 aliphatic carbocycles. The molecule has 19 heavy (non-hydrogen) atoms. The normalized spacial score (nSPS) is 10.4. The molecule has 0 aliphatic rings. The molecule has 2 aromatic heterocycles. The van der Waals surface area contributed by atoms with Crippen LogP contribution in [-0.2, 0) is 13.0 Å². The van der Waals surface area contributed by atoms with Gasteiger partial charge < -0.3 is 9.84 Å². The Hall–Kier alpha value is -1.95. The Morgan fingerprint density at radius 1 is 1.53 bits per heavy atom. The summed E-state index contributed by atoms with van der Waals surface area (Å²) < 4.78 is 5.48. The van der Waals surface area contributed by atoms with E-state index >= 15 is 0 Å². The van der Waals surface area contributed by atoms with Gasteiger partial charge in [0.1, 0.15) is 12.2 Å². The molecular weight excluding hydrogens is 264 g/mol. The predicted octanol–water partition coefficient (Wildman–Crippen LogP) is 2.77. The highest BCUT2D eigenvalue weighted by Gasteiger charge is 2.11. The third kappa shape index (κ3) is 3.51. The van der Waals surface area contributed by atoms with Gasteiger partial charge >= 0.3 is 5.97 Å². The summed E-state index contributed by atoms with van der Waals surface area (Å²) in [7, 11) is 0. The van der Waals surface area contributed by atoms with E-state index in [1.165, 1.54) is 18.5 Å². The number of hydrogen-bond donors (Lipinski definition) is 1. The van der Waals surface area contributed by atoms with E-state index in [0.29, 0.717) is 0 Å². The Morgan fingerprint density at radius 3 is 3.11 bits per heavy atom. The van der Waals surface area contributed by atoms with E-state index in [1.807, 2.05) is 5.38 Å². The van der Waals surface area contributed by atoms with E-state index in [2.05, 4.69) is 16.9 Å². The maximum atomic E-state index is 11.0. The molecule has 1 N–H and O–H groups in total. The third-order valence-electron chi connectivity index (χ3n) is 2.45. The fraction of sp³-hybridized carbons (Fsp3) is 0.308. The lowest BCUT2D eigenvalue weighted by Crippen LogP contribution is -2.04.